The van der Waals surface area contributed by atoms with Gasteiger partial charge in [0.25, 0.3) is 0 Å². The first-order chi connectivity index (χ1) is 8.24. The average molecular weight is 303 g/mol. The van der Waals surface area contributed by atoms with E-state index in [4.69, 9.17) is 14.2 Å². The van der Waals surface area contributed by atoms with Crippen molar-refractivity contribution in [3.05, 3.63) is 28.7 Å². The smallest absolute Gasteiger partial charge is 0.119 e. The second-order valence-corrected chi connectivity index (χ2v) is 4.83. The molecule has 94 valence electrons. The Bertz CT molecular complexity index is 337. The van der Waals surface area contributed by atoms with E-state index in [9.17, 15) is 5.11 Å². The summed E-state index contributed by atoms with van der Waals surface area (Å²) in [5, 5.41) is 9.60. The molecule has 0 spiro atoms. The normalized spacial score (nSPS) is 20.0. The average Bonchev–Trinajstić information content (AvgIpc) is 3.12. The van der Waals surface area contributed by atoms with Crippen molar-refractivity contribution in [1.82, 2.24) is 0 Å². The fourth-order valence-corrected chi connectivity index (χ4v) is 1.54. The molecular weight excluding hydrogens is 288 g/mol. The summed E-state index contributed by atoms with van der Waals surface area (Å²) in [6, 6.07) is 7.47. The molecule has 0 aromatic heterocycles. The predicted octanol–water partition coefficient (Wildman–Crippen LogP) is 1.60. The van der Waals surface area contributed by atoms with Crippen molar-refractivity contribution in [3.63, 3.8) is 0 Å². The molecule has 0 aliphatic carbocycles. The van der Waals surface area contributed by atoms with Crippen molar-refractivity contribution in [1.29, 1.82) is 0 Å². The summed E-state index contributed by atoms with van der Waals surface area (Å²) >= 11 is 3.34. The first-order valence-corrected chi connectivity index (χ1v) is 6.29. The van der Waals surface area contributed by atoms with Gasteiger partial charge < -0.3 is 19.3 Å². The second kappa shape index (κ2) is 6.35. The van der Waals surface area contributed by atoms with Crippen molar-refractivity contribution in [2.45, 2.75) is 12.2 Å². The van der Waals surface area contributed by atoms with Crippen LogP contribution in [0.1, 0.15) is 0 Å². The molecule has 2 rings (SSSR count). The molecule has 4 nitrogen and oxygen atoms in total. The summed E-state index contributed by atoms with van der Waals surface area (Å²) < 4.78 is 16.7. The molecule has 1 aromatic carbocycles. The van der Waals surface area contributed by atoms with Crippen LogP contribution in [0.4, 0.5) is 0 Å². The van der Waals surface area contributed by atoms with Gasteiger partial charge in [-0.3, -0.25) is 0 Å². The van der Waals surface area contributed by atoms with Crippen LogP contribution in [0.15, 0.2) is 28.7 Å². The quantitative estimate of drug-likeness (QED) is 0.778. The van der Waals surface area contributed by atoms with Crippen molar-refractivity contribution >= 4 is 15.9 Å². The Morgan fingerprint density at radius 1 is 1.35 bits per heavy atom. The molecule has 0 bridgehead atoms. The van der Waals surface area contributed by atoms with Gasteiger partial charge in [0, 0.05) is 4.47 Å². The number of benzene rings is 1. The molecule has 0 radical (unpaired) electrons. The molecular formula is C12H15BrO4. The maximum atomic E-state index is 9.60. The van der Waals surface area contributed by atoms with Crippen LogP contribution in [-0.4, -0.2) is 43.7 Å². The topological polar surface area (TPSA) is 51.2 Å². The number of hydrogen-bond acceptors (Lipinski definition) is 4. The molecule has 2 atom stereocenters. The van der Waals surface area contributed by atoms with Crippen LogP contribution in [-0.2, 0) is 9.47 Å². The molecule has 1 aliphatic heterocycles. The molecule has 0 amide bonds. The summed E-state index contributed by atoms with van der Waals surface area (Å²) in [7, 11) is 0. The zero-order chi connectivity index (χ0) is 12.1. The van der Waals surface area contributed by atoms with E-state index in [2.05, 4.69) is 15.9 Å². The lowest BCUT2D eigenvalue weighted by Crippen LogP contribution is -2.24. The van der Waals surface area contributed by atoms with Gasteiger partial charge in [0.1, 0.15) is 24.6 Å². The van der Waals surface area contributed by atoms with E-state index in [0.717, 1.165) is 16.8 Å². The molecule has 1 heterocycles. The van der Waals surface area contributed by atoms with Gasteiger partial charge in [0.05, 0.1) is 19.8 Å². The highest BCUT2D eigenvalue weighted by molar-refractivity contribution is 9.10. The van der Waals surface area contributed by atoms with E-state index in [1.807, 2.05) is 24.3 Å². The lowest BCUT2D eigenvalue weighted by Gasteiger charge is -2.12. The van der Waals surface area contributed by atoms with Gasteiger partial charge in [-0.1, -0.05) is 15.9 Å². The summed E-state index contributed by atoms with van der Waals surface area (Å²) in [4.78, 5) is 0. The Labute approximate surface area is 109 Å². The fraction of sp³-hybridized carbons (Fsp3) is 0.500. The molecule has 2 unspecified atom stereocenters. The summed E-state index contributed by atoms with van der Waals surface area (Å²) in [6.07, 6.45) is -0.382. The van der Waals surface area contributed by atoms with E-state index in [1.54, 1.807) is 0 Å². The van der Waals surface area contributed by atoms with Gasteiger partial charge in [-0.05, 0) is 24.3 Å². The highest BCUT2D eigenvalue weighted by atomic mass is 79.9. The Balaban J connectivity index is 1.60. The van der Waals surface area contributed by atoms with Gasteiger partial charge in [-0.25, -0.2) is 0 Å². The van der Waals surface area contributed by atoms with Gasteiger partial charge in [0.15, 0.2) is 0 Å². The first-order valence-electron chi connectivity index (χ1n) is 5.50. The third-order valence-electron chi connectivity index (χ3n) is 2.27. The van der Waals surface area contributed by atoms with E-state index in [0.29, 0.717) is 6.61 Å². The maximum Gasteiger partial charge on any atom is 0.119 e. The third kappa shape index (κ3) is 5.04. The Morgan fingerprint density at radius 3 is 2.71 bits per heavy atom. The molecule has 1 saturated heterocycles. The number of aliphatic hydroxyl groups excluding tert-OH is 1. The largest absolute Gasteiger partial charge is 0.491 e. The molecule has 0 saturated carbocycles. The van der Waals surface area contributed by atoms with Crippen LogP contribution in [0.2, 0.25) is 0 Å². The van der Waals surface area contributed by atoms with Crippen LogP contribution >= 0.6 is 15.9 Å². The fourth-order valence-electron chi connectivity index (χ4n) is 1.27. The standard InChI is InChI=1S/C12H15BrO4/c13-9-1-3-11(4-2-9)16-6-10(14)5-15-7-12-8-17-12/h1-4,10,12,14H,5-8H2. The molecule has 17 heavy (non-hydrogen) atoms. The minimum Gasteiger partial charge on any atom is -0.491 e. The summed E-state index contributed by atoms with van der Waals surface area (Å²) in [5.74, 6) is 0.734. The molecule has 5 heteroatoms. The predicted molar refractivity (Wildman–Crippen MR) is 66.2 cm³/mol. The SMILES string of the molecule is OC(COCC1CO1)COc1ccc(Br)cc1. The van der Waals surface area contributed by atoms with E-state index < -0.39 is 6.10 Å². The zero-order valence-electron chi connectivity index (χ0n) is 9.34. The van der Waals surface area contributed by atoms with Crippen molar-refractivity contribution in [3.8, 4) is 5.75 Å². The minimum absolute atomic E-state index is 0.229. The van der Waals surface area contributed by atoms with Gasteiger partial charge >= 0.3 is 0 Å². The molecule has 1 fully saturated rings. The zero-order valence-corrected chi connectivity index (χ0v) is 10.9. The highest BCUT2D eigenvalue weighted by Gasteiger charge is 2.22. The lowest BCUT2D eigenvalue weighted by atomic mass is 10.3. The van der Waals surface area contributed by atoms with Crippen molar-refractivity contribution < 1.29 is 19.3 Å². The van der Waals surface area contributed by atoms with Gasteiger partial charge in [-0.15, -0.1) is 0 Å². The number of epoxide rings is 1. The first kappa shape index (κ1) is 12.8. The van der Waals surface area contributed by atoms with Crippen LogP contribution in [0.5, 0.6) is 5.75 Å². The Hall–Kier alpha value is -0.620. The third-order valence-corrected chi connectivity index (χ3v) is 2.80. The van der Waals surface area contributed by atoms with Crippen LogP contribution in [0.3, 0.4) is 0 Å². The highest BCUT2D eigenvalue weighted by Crippen LogP contribution is 2.16. The van der Waals surface area contributed by atoms with Crippen LogP contribution in [0.25, 0.3) is 0 Å². The molecule has 1 N–H and O–H groups in total. The monoisotopic (exact) mass is 302 g/mol. The number of aliphatic hydroxyl groups is 1. The molecule has 1 aliphatic rings. The van der Waals surface area contributed by atoms with Gasteiger partial charge in [-0.2, -0.15) is 0 Å². The minimum atomic E-state index is -0.614. The van der Waals surface area contributed by atoms with Crippen molar-refractivity contribution in [2.75, 3.05) is 26.4 Å². The number of halogens is 1. The lowest BCUT2D eigenvalue weighted by molar-refractivity contribution is 0.00761. The van der Waals surface area contributed by atoms with Gasteiger partial charge in [0.2, 0.25) is 0 Å². The summed E-state index contributed by atoms with van der Waals surface area (Å²) in [5.41, 5.74) is 0. The Kier molecular flexibility index (Phi) is 4.79. The molecule has 1 aromatic rings. The summed E-state index contributed by atoms with van der Waals surface area (Å²) in [6.45, 7) is 1.82. The van der Waals surface area contributed by atoms with Crippen molar-refractivity contribution in [2.24, 2.45) is 0 Å². The number of ether oxygens (including phenoxy) is 3. The van der Waals surface area contributed by atoms with Crippen LogP contribution < -0.4 is 4.74 Å². The number of rotatable bonds is 7. The Morgan fingerprint density at radius 2 is 2.06 bits per heavy atom. The van der Waals surface area contributed by atoms with E-state index in [-0.39, 0.29) is 19.3 Å². The number of hydrogen-bond donors (Lipinski definition) is 1. The maximum absolute atomic E-state index is 9.60. The van der Waals surface area contributed by atoms with Crippen LogP contribution in [0, 0.1) is 0 Å². The van der Waals surface area contributed by atoms with E-state index in [1.165, 1.54) is 0 Å². The van der Waals surface area contributed by atoms with E-state index >= 15 is 0 Å². The second-order valence-electron chi connectivity index (χ2n) is 3.91.